The Kier molecular flexibility index (Phi) is 6.90. The molecule has 2 aliphatic heterocycles. The van der Waals surface area contributed by atoms with Crippen molar-refractivity contribution < 1.29 is 18.4 Å². The van der Waals surface area contributed by atoms with Crippen molar-refractivity contribution in [2.45, 2.75) is 6.04 Å². The van der Waals surface area contributed by atoms with Gasteiger partial charge in [-0.25, -0.2) is 8.78 Å². The summed E-state index contributed by atoms with van der Waals surface area (Å²) in [6.45, 7) is 3.69. The van der Waals surface area contributed by atoms with Gasteiger partial charge < -0.3 is 0 Å². The molecule has 182 valence electrons. The average Bonchev–Trinajstić information content (AvgIpc) is 3.14. The van der Waals surface area contributed by atoms with Gasteiger partial charge >= 0.3 is 0 Å². The van der Waals surface area contributed by atoms with Crippen LogP contribution in [0.3, 0.4) is 0 Å². The molecule has 3 aromatic rings. The Labute approximate surface area is 208 Å². The van der Waals surface area contributed by atoms with Crippen LogP contribution in [0.5, 0.6) is 0 Å². The molecular weight excluding hydrogens is 460 g/mol. The zero-order chi connectivity index (χ0) is 25.1. The number of amides is 2. The van der Waals surface area contributed by atoms with Gasteiger partial charge in [-0.3, -0.25) is 24.3 Å². The monoisotopic (exact) mass is 485 g/mol. The molecular formula is C29H25F2N3O2. The third kappa shape index (κ3) is 4.92. The summed E-state index contributed by atoms with van der Waals surface area (Å²) in [6.07, 6.45) is 0. The molecule has 0 bridgehead atoms. The summed E-state index contributed by atoms with van der Waals surface area (Å²) >= 11 is 0. The second-order valence-corrected chi connectivity index (χ2v) is 8.91. The highest BCUT2D eigenvalue weighted by atomic mass is 19.1. The highest BCUT2D eigenvalue weighted by molar-refractivity contribution is 6.21. The second kappa shape index (κ2) is 10.4. The Hall–Kier alpha value is -3.86. The fourth-order valence-electron chi connectivity index (χ4n) is 4.77. The van der Waals surface area contributed by atoms with Crippen LogP contribution in [0.4, 0.5) is 8.78 Å². The number of imide groups is 1. The minimum atomic E-state index is -0.300. The minimum absolute atomic E-state index is 0.0729. The molecule has 0 aliphatic carbocycles. The van der Waals surface area contributed by atoms with Crippen LogP contribution < -0.4 is 0 Å². The number of fused-ring (bicyclic) bond motifs is 1. The van der Waals surface area contributed by atoms with Gasteiger partial charge in [0.2, 0.25) is 0 Å². The second-order valence-electron chi connectivity index (χ2n) is 8.91. The molecule has 5 nitrogen and oxygen atoms in total. The van der Waals surface area contributed by atoms with Gasteiger partial charge in [0.1, 0.15) is 11.6 Å². The topological polar surface area (TPSA) is 43.9 Å². The maximum Gasteiger partial charge on any atom is 0.262 e. The van der Waals surface area contributed by atoms with Crippen molar-refractivity contribution in [2.24, 2.45) is 0 Å². The Morgan fingerprint density at radius 2 is 1.14 bits per heavy atom. The number of nitrogens with zero attached hydrogens (tertiary/aromatic N) is 3. The highest BCUT2D eigenvalue weighted by Crippen LogP contribution is 2.30. The molecule has 2 aliphatic rings. The number of piperazine rings is 1. The highest BCUT2D eigenvalue weighted by Gasteiger charge is 2.34. The van der Waals surface area contributed by atoms with Crippen molar-refractivity contribution in [2.75, 3.05) is 39.3 Å². The lowest BCUT2D eigenvalue weighted by atomic mass is 9.96. The average molecular weight is 486 g/mol. The standard InChI is InChI=1S/C29H25F2N3O2/c30-23-11-7-21(8-12-23)27(22-9-13-24(31)14-10-22)33-19-17-32(18-20-33)15-3-4-16-34-28(35)25-5-1-2-6-26(25)29(34)36/h1-2,5-14,27H,15-20H2. The summed E-state index contributed by atoms with van der Waals surface area (Å²) in [6, 6.07) is 19.6. The molecule has 1 fully saturated rings. The Morgan fingerprint density at radius 1 is 0.667 bits per heavy atom. The molecule has 36 heavy (non-hydrogen) atoms. The maximum absolute atomic E-state index is 13.5. The number of benzene rings is 3. The zero-order valence-corrected chi connectivity index (χ0v) is 19.7. The van der Waals surface area contributed by atoms with Crippen molar-refractivity contribution in [3.8, 4) is 11.8 Å². The summed E-state index contributed by atoms with van der Waals surface area (Å²) in [7, 11) is 0. The summed E-state index contributed by atoms with van der Waals surface area (Å²) in [5, 5.41) is 0. The van der Waals surface area contributed by atoms with Crippen molar-refractivity contribution >= 4 is 11.8 Å². The first-order chi connectivity index (χ1) is 17.5. The number of hydrogen-bond donors (Lipinski definition) is 0. The maximum atomic E-state index is 13.5. The first kappa shape index (κ1) is 23.9. The smallest absolute Gasteiger partial charge is 0.262 e. The van der Waals surface area contributed by atoms with Crippen molar-refractivity contribution in [1.29, 1.82) is 0 Å². The van der Waals surface area contributed by atoms with Gasteiger partial charge in [-0.2, -0.15) is 0 Å². The lowest BCUT2D eigenvalue weighted by Gasteiger charge is -2.39. The van der Waals surface area contributed by atoms with Gasteiger partial charge in [-0.1, -0.05) is 48.2 Å². The largest absolute Gasteiger partial charge is 0.290 e. The zero-order valence-electron chi connectivity index (χ0n) is 19.7. The normalized spacial score (nSPS) is 16.2. The molecule has 7 heteroatoms. The molecule has 2 amide bonds. The van der Waals surface area contributed by atoms with Crippen molar-refractivity contribution in [1.82, 2.24) is 14.7 Å². The number of hydrogen-bond acceptors (Lipinski definition) is 4. The minimum Gasteiger partial charge on any atom is -0.290 e. The number of carbonyl (C=O) groups excluding carboxylic acids is 2. The van der Waals surface area contributed by atoms with Crippen LogP contribution in [0.2, 0.25) is 0 Å². The van der Waals surface area contributed by atoms with Crippen LogP contribution in [0.1, 0.15) is 37.9 Å². The first-order valence-electron chi connectivity index (χ1n) is 11.9. The molecule has 0 atom stereocenters. The van der Waals surface area contributed by atoms with Crippen LogP contribution in [0.15, 0.2) is 72.8 Å². The quantitative estimate of drug-likeness (QED) is 0.405. The Morgan fingerprint density at radius 3 is 1.64 bits per heavy atom. The predicted molar refractivity (Wildman–Crippen MR) is 132 cm³/mol. The number of carbonyl (C=O) groups is 2. The van der Waals surface area contributed by atoms with E-state index in [9.17, 15) is 18.4 Å². The summed E-state index contributed by atoms with van der Waals surface area (Å²) in [4.78, 5) is 30.6. The summed E-state index contributed by atoms with van der Waals surface area (Å²) in [5.41, 5.74) is 2.77. The van der Waals surface area contributed by atoms with Gasteiger partial charge in [0.25, 0.3) is 11.8 Å². The molecule has 0 radical (unpaired) electrons. The lowest BCUT2D eigenvalue weighted by molar-refractivity contribution is 0.0674. The Balaban J connectivity index is 1.19. The molecule has 5 rings (SSSR count). The van der Waals surface area contributed by atoms with E-state index in [1.807, 2.05) is 0 Å². The molecule has 0 N–H and O–H groups in total. The molecule has 0 saturated carbocycles. The molecule has 0 aromatic heterocycles. The molecule has 3 aromatic carbocycles. The number of rotatable bonds is 5. The van der Waals surface area contributed by atoms with E-state index < -0.39 is 0 Å². The van der Waals surface area contributed by atoms with E-state index in [0.29, 0.717) is 17.7 Å². The van der Waals surface area contributed by atoms with E-state index in [4.69, 9.17) is 0 Å². The predicted octanol–water partition coefficient (Wildman–Crippen LogP) is 3.97. The fraction of sp³-hybridized carbons (Fsp3) is 0.241. The molecule has 1 saturated heterocycles. The van der Waals surface area contributed by atoms with E-state index in [-0.39, 0.29) is 36.0 Å². The summed E-state index contributed by atoms with van der Waals surface area (Å²) < 4.78 is 27.1. The Bertz CT molecular complexity index is 1240. The van der Waals surface area contributed by atoms with E-state index in [0.717, 1.165) is 37.3 Å². The van der Waals surface area contributed by atoms with Crippen molar-refractivity contribution in [3.05, 3.63) is 107 Å². The van der Waals surface area contributed by atoms with Gasteiger partial charge in [-0.05, 0) is 47.5 Å². The number of halogens is 2. The SMILES string of the molecule is O=C1c2ccccc2C(=O)N1CC#CCN1CCN(C(c2ccc(F)cc2)c2ccc(F)cc2)CC1. The van der Waals surface area contributed by atoms with Crippen LogP contribution in [0, 0.1) is 23.5 Å². The van der Waals surface area contributed by atoms with E-state index in [1.165, 1.54) is 29.2 Å². The van der Waals surface area contributed by atoms with E-state index in [1.54, 1.807) is 48.5 Å². The van der Waals surface area contributed by atoms with Crippen molar-refractivity contribution in [3.63, 3.8) is 0 Å². The molecule has 0 unspecified atom stereocenters. The van der Waals surface area contributed by atoms with Crippen LogP contribution in [-0.2, 0) is 0 Å². The fourth-order valence-corrected chi connectivity index (χ4v) is 4.77. The van der Waals surface area contributed by atoms with Crippen LogP contribution in [0.25, 0.3) is 0 Å². The van der Waals surface area contributed by atoms with E-state index >= 15 is 0 Å². The third-order valence-corrected chi connectivity index (χ3v) is 6.69. The molecule has 2 heterocycles. The molecule has 0 spiro atoms. The van der Waals surface area contributed by atoms with Crippen LogP contribution >= 0.6 is 0 Å². The summed E-state index contributed by atoms with van der Waals surface area (Å²) in [5.74, 6) is 4.89. The van der Waals surface area contributed by atoms with E-state index in [2.05, 4.69) is 21.6 Å². The van der Waals surface area contributed by atoms with Gasteiger partial charge in [0.05, 0.1) is 30.3 Å². The van der Waals surface area contributed by atoms with Gasteiger partial charge in [-0.15, -0.1) is 0 Å². The lowest BCUT2D eigenvalue weighted by Crippen LogP contribution is -2.47. The van der Waals surface area contributed by atoms with Gasteiger partial charge in [0, 0.05) is 26.2 Å². The van der Waals surface area contributed by atoms with Gasteiger partial charge in [0.15, 0.2) is 0 Å². The van der Waals surface area contributed by atoms with Crippen LogP contribution in [-0.4, -0.2) is 65.8 Å². The first-order valence-corrected chi connectivity index (χ1v) is 11.9. The third-order valence-electron chi connectivity index (χ3n) is 6.69.